The molecule has 2 heterocycles. The number of rotatable bonds is 2. The predicted octanol–water partition coefficient (Wildman–Crippen LogP) is 1.90. The Hall–Kier alpha value is -0.0800. The van der Waals surface area contributed by atoms with Crippen molar-refractivity contribution in [2.75, 3.05) is 26.3 Å². The van der Waals surface area contributed by atoms with E-state index in [2.05, 4.69) is 25.7 Å². The Morgan fingerprint density at radius 1 is 1.31 bits per heavy atom. The van der Waals surface area contributed by atoms with E-state index in [9.17, 15) is 0 Å². The minimum absolute atomic E-state index is 0.474. The lowest BCUT2D eigenvalue weighted by Gasteiger charge is -2.58. The normalized spacial score (nSPS) is 27.0. The van der Waals surface area contributed by atoms with Crippen LogP contribution in [-0.2, 0) is 4.74 Å². The van der Waals surface area contributed by atoms with E-state index in [-0.39, 0.29) is 0 Å². The van der Waals surface area contributed by atoms with E-state index in [4.69, 9.17) is 4.74 Å². The summed E-state index contributed by atoms with van der Waals surface area (Å²) in [5.41, 5.74) is 0.965. The summed E-state index contributed by atoms with van der Waals surface area (Å²) < 4.78 is 5.30. The Bertz CT molecular complexity index is 185. The van der Waals surface area contributed by atoms with Crippen LogP contribution in [-0.4, -0.2) is 36.7 Å². The van der Waals surface area contributed by atoms with Gasteiger partial charge in [-0.3, -0.25) is 4.90 Å². The second-order valence-corrected chi connectivity index (χ2v) is 5.76. The first-order valence-electron chi connectivity index (χ1n) is 5.35. The van der Waals surface area contributed by atoms with E-state index in [1.807, 2.05) is 0 Å². The van der Waals surface area contributed by atoms with Gasteiger partial charge in [-0.15, -0.1) is 0 Å². The molecule has 0 amide bonds. The van der Waals surface area contributed by atoms with Gasteiger partial charge in [0, 0.05) is 6.54 Å². The second-order valence-electron chi connectivity index (χ2n) is 5.76. The number of hydrogen-bond donors (Lipinski definition) is 0. The molecule has 2 saturated heterocycles. The summed E-state index contributed by atoms with van der Waals surface area (Å²) in [4.78, 5) is 2.61. The zero-order chi connectivity index (χ0) is 9.53. The lowest BCUT2D eigenvalue weighted by Crippen LogP contribution is -2.70. The van der Waals surface area contributed by atoms with Crippen LogP contribution in [0.15, 0.2) is 0 Å². The minimum atomic E-state index is 0.474. The quantitative estimate of drug-likeness (QED) is 0.648. The summed E-state index contributed by atoms with van der Waals surface area (Å²) in [7, 11) is 0. The van der Waals surface area contributed by atoms with Gasteiger partial charge in [-0.05, 0) is 24.8 Å². The molecule has 2 aliphatic heterocycles. The summed E-state index contributed by atoms with van der Waals surface area (Å²) in [6, 6.07) is 0. The molecule has 2 nitrogen and oxygen atoms in total. The van der Waals surface area contributed by atoms with Crippen molar-refractivity contribution < 1.29 is 4.74 Å². The fraction of sp³-hybridized carbons (Fsp3) is 1.00. The van der Waals surface area contributed by atoms with Crippen LogP contribution in [0.25, 0.3) is 0 Å². The molecule has 0 saturated carbocycles. The smallest absolute Gasteiger partial charge is 0.0690 e. The van der Waals surface area contributed by atoms with Crippen LogP contribution in [0, 0.1) is 5.41 Å². The molecule has 2 heteroatoms. The number of ether oxygens (including phenoxy) is 1. The fourth-order valence-electron chi connectivity index (χ4n) is 2.07. The highest BCUT2D eigenvalue weighted by molar-refractivity contribution is 5.04. The van der Waals surface area contributed by atoms with E-state index in [1.54, 1.807) is 0 Å². The van der Waals surface area contributed by atoms with Crippen LogP contribution in [0.4, 0.5) is 0 Å². The largest absolute Gasteiger partial charge is 0.377 e. The van der Waals surface area contributed by atoms with E-state index in [1.165, 1.54) is 25.9 Å². The summed E-state index contributed by atoms with van der Waals surface area (Å²) in [6.45, 7) is 11.5. The summed E-state index contributed by atoms with van der Waals surface area (Å²) in [6.07, 6.45) is 2.66. The number of nitrogens with zero attached hydrogens (tertiary/aromatic N) is 1. The van der Waals surface area contributed by atoms with Gasteiger partial charge in [-0.25, -0.2) is 0 Å². The zero-order valence-corrected chi connectivity index (χ0v) is 9.10. The molecule has 2 fully saturated rings. The van der Waals surface area contributed by atoms with Crippen molar-refractivity contribution >= 4 is 0 Å². The molecule has 1 spiro atoms. The van der Waals surface area contributed by atoms with Gasteiger partial charge in [0.1, 0.15) is 0 Å². The standard InChI is InChI=1S/C11H21NO/c1-10(2,3)4-6-12-7-5-11(12)8-13-9-11/h4-9H2,1-3H3. The molecule has 0 aliphatic carbocycles. The molecule has 2 rings (SSSR count). The molecular formula is C11H21NO. The third-order valence-electron chi connectivity index (χ3n) is 3.39. The van der Waals surface area contributed by atoms with E-state index < -0.39 is 0 Å². The first-order valence-corrected chi connectivity index (χ1v) is 5.35. The van der Waals surface area contributed by atoms with Gasteiger partial charge < -0.3 is 4.74 Å². The van der Waals surface area contributed by atoms with Gasteiger partial charge in [0.25, 0.3) is 0 Å². The predicted molar refractivity (Wildman–Crippen MR) is 53.8 cm³/mol. The van der Waals surface area contributed by atoms with E-state index in [0.717, 1.165) is 13.2 Å². The lowest BCUT2D eigenvalue weighted by atomic mass is 9.81. The summed E-state index contributed by atoms with van der Waals surface area (Å²) >= 11 is 0. The number of hydrogen-bond acceptors (Lipinski definition) is 2. The van der Waals surface area contributed by atoms with Crippen LogP contribution in [0.5, 0.6) is 0 Å². The maximum Gasteiger partial charge on any atom is 0.0690 e. The van der Waals surface area contributed by atoms with Crippen molar-refractivity contribution in [2.45, 2.75) is 39.2 Å². The van der Waals surface area contributed by atoms with Gasteiger partial charge in [-0.2, -0.15) is 0 Å². The van der Waals surface area contributed by atoms with Crippen molar-refractivity contribution in [3.8, 4) is 0 Å². The van der Waals surface area contributed by atoms with Crippen molar-refractivity contribution in [3.63, 3.8) is 0 Å². The maximum absolute atomic E-state index is 5.30. The molecule has 0 radical (unpaired) electrons. The van der Waals surface area contributed by atoms with Gasteiger partial charge >= 0.3 is 0 Å². The first kappa shape index (κ1) is 9.47. The topological polar surface area (TPSA) is 12.5 Å². The minimum Gasteiger partial charge on any atom is -0.377 e. The third-order valence-corrected chi connectivity index (χ3v) is 3.39. The molecule has 0 atom stereocenters. The zero-order valence-electron chi connectivity index (χ0n) is 9.10. The maximum atomic E-state index is 5.30. The van der Waals surface area contributed by atoms with Crippen molar-refractivity contribution in [1.82, 2.24) is 4.90 Å². The number of likely N-dealkylation sites (tertiary alicyclic amines) is 1. The molecule has 76 valence electrons. The van der Waals surface area contributed by atoms with Crippen LogP contribution in [0.1, 0.15) is 33.6 Å². The Labute approximate surface area is 81.3 Å². The summed E-state index contributed by atoms with van der Waals surface area (Å²) in [5.74, 6) is 0. The Kier molecular flexibility index (Phi) is 2.16. The van der Waals surface area contributed by atoms with Crippen LogP contribution < -0.4 is 0 Å². The molecule has 0 N–H and O–H groups in total. The molecule has 0 aromatic heterocycles. The van der Waals surface area contributed by atoms with Crippen LogP contribution in [0.2, 0.25) is 0 Å². The molecular weight excluding hydrogens is 162 g/mol. The third kappa shape index (κ3) is 1.75. The van der Waals surface area contributed by atoms with Crippen molar-refractivity contribution in [1.29, 1.82) is 0 Å². The van der Waals surface area contributed by atoms with E-state index in [0.29, 0.717) is 11.0 Å². The fourth-order valence-corrected chi connectivity index (χ4v) is 2.07. The highest BCUT2D eigenvalue weighted by Crippen LogP contribution is 2.38. The van der Waals surface area contributed by atoms with Crippen molar-refractivity contribution in [3.05, 3.63) is 0 Å². The average molecular weight is 183 g/mol. The molecule has 0 unspecified atom stereocenters. The average Bonchev–Trinajstić information content (AvgIpc) is 1.78. The molecule has 0 aromatic carbocycles. The molecule has 0 bridgehead atoms. The Balaban J connectivity index is 1.77. The molecule has 0 aromatic rings. The van der Waals surface area contributed by atoms with Gasteiger partial charge in [-0.1, -0.05) is 20.8 Å². The molecule has 2 aliphatic rings. The van der Waals surface area contributed by atoms with Crippen LogP contribution >= 0.6 is 0 Å². The van der Waals surface area contributed by atoms with Crippen molar-refractivity contribution in [2.24, 2.45) is 5.41 Å². The lowest BCUT2D eigenvalue weighted by molar-refractivity contribution is -0.193. The Morgan fingerprint density at radius 2 is 2.00 bits per heavy atom. The highest BCUT2D eigenvalue weighted by Gasteiger charge is 2.50. The van der Waals surface area contributed by atoms with Gasteiger partial charge in [0.2, 0.25) is 0 Å². The van der Waals surface area contributed by atoms with Crippen LogP contribution in [0.3, 0.4) is 0 Å². The highest BCUT2D eigenvalue weighted by atomic mass is 16.5. The Morgan fingerprint density at radius 3 is 2.31 bits per heavy atom. The second kappa shape index (κ2) is 2.96. The van der Waals surface area contributed by atoms with Gasteiger partial charge in [0.15, 0.2) is 0 Å². The first-order chi connectivity index (χ1) is 6.02. The SMILES string of the molecule is CC(C)(C)CCN1CCC12COC2. The van der Waals surface area contributed by atoms with E-state index >= 15 is 0 Å². The summed E-state index contributed by atoms with van der Waals surface area (Å²) in [5, 5.41) is 0. The monoisotopic (exact) mass is 183 g/mol. The van der Waals surface area contributed by atoms with Gasteiger partial charge in [0.05, 0.1) is 18.8 Å². The molecule has 13 heavy (non-hydrogen) atoms.